The standard InChI is InChI=1S/C19H20FN5O4S/c1-19-13-9-12(23-17(26)14-5-3-11(20)10-22-14)4-6-15(13)29-8-7-16(19)30(27,28)25(2)18(21)24-19/h3-6,9-10,16H,7-8H2,1-2H3,(H2,21,24)(H,23,26)/t16-,19-/m1/s1. The number of guanidine groups is 1. The maximum atomic E-state index is 13.0. The van der Waals surface area contributed by atoms with E-state index in [2.05, 4.69) is 15.3 Å². The normalized spacial score (nSPS) is 24.6. The van der Waals surface area contributed by atoms with E-state index in [-0.39, 0.29) is 24.7 Å². The van der Waals surface area contributed by atoms with E-state index in [0.717, 1.165) is 16.6 Å². The number of hydrogen-bond acceptors (Lipinski definition) is 7. The minimum atomic E-state index is -3.75. The summed E-state index contributed by atoms with van der Waals surface area (Å²) in [6, 6.07) is 7.29. The van der Waals surface area contributed by atoms with E-state index in [9.17, 15) is 17.6 Å². The minimum absolute atomic E-state index is 0.0378. The lowest BCUT2D eigenvalue weighted by molar-refractivity contribution is 0.102. The average Bonchev–Trinajstić information content (AvgIpc) is 2.84. The van der Waals surface area contributed by atoms with Gasteiger partial charge in [0.05, 0.1) is 12.8 Å². The topological polar surface area (TPSA) is 127 Å². The molecule has 2 aliphatic heterocycles. The Morgan fingerprint density at radius 1 is 1.37 bits per heavy atom. The van der Waals surface area contributed by atoms with Crippen LogP contribution >= 0.6 is 0 Å². The molecule has 1 aromatic carbocycles. The van der Waals surface area contributed by atoms with Gasteiger partial charge in [0.15, 0.2) is 0 Å². The van der Waals surface area contributed by atoms with E-state index < -0.39 is 32.5 Å². The largest absolute Gasteiger partial charge is 0.493 e. The number of benzene rings is 1. The Morgan fingerprint density at radius 3 is 2.83 bits per heavy atom. The molecule has 0 aliphatic carbocycles. The van der Waals surface area contributed by atoms with Gasteiger partial charge in [-0.25, -0.2) is 27.1 Å². The van der Waals surface area contributed by atoms with Crippen molar-refractivity contribution in [1.82, 2.24) is 9.29 Å². The smallest absolute Gasteiger partial charge is 0.274 e. The lowest BCUT2D eigenvalue weighted by atomic mass is 9.87. The van der Waals surface area contributed by atoms with Crippen molar-refractivity contribution in [3.8, 4) is 5.75 Å². The molecular weight excluding hydrogens is 413 g/mol. The summed E-state index contributed by atoms with van der Waals surface area (Å²) in [5.41, 5.74) is 5.63. The van der Waals surface area contributed by atoms with Crippen LogP contribution in [0.4, 0.5) is 10.1 Å². The summed E-state index contributed by atoms with van der Waals surface area (Å²) in [5, 5.41) is 1.80. The van der Waals surface area contributed by atoms with Crippen LogP contribution in [0, 0.1) is 5.82 Å². The van der Waals surface area contributed by atoms with Crippen molar-refractivity contribution < 1.29 is 22.3 Å². The van der Waals surface area contributed by atoms with Crippen LogP contribution in [0.3, 0.4) is 0 Å². The molecule has 30 heavy (non-hydrogen) atoms. The number of amides is 1. The van der Waals surface area contributed by atoms with Gasteiger partial charge in [-0.05, 0) is 37.3 Å². The van der Waals surface area contributed by atoms with Crippen LogP contribution in [0.1, 0.15) is 29.4 Å². The van der Waals surface area contributed by atoms with Crippen LogP contribution in [0.15, 0.2) is 41.5 Å². The van der Waals surface area contributed by atoms with Gasteiger partial charge in [0.2, 0.25) is 16.0 Å². The number of carbonyl (C=O) groups excluding carboxylic acids is 1. The number of fused-ring (bicyclic) bond motifs is 3. The summed E-state index contributed by atoms with van der Waals surface area (Å²) >= 11 is 0. The Hall–Kier alpha value is -3.21. The maximum absolute atomic E-state index is 13.0. The Bertz CT molecular complexity index is 1150. The third-order valence-corrected chi connectivity index (χ3v) is 7.78. The van der Waals surface area contributed by atoms with Crippen molar-refractivity contribution in [2.24, 2.45) is 10.7 Å². The highest BCUT2D eigenvalue weighted by atomic mass is 32.2. The molecule has 0 saturated heterocycles. The summed E-state index contributed by atoms with van der Waals surface area (Å²) < 4.78 is 45.8. The summed E-state index contributed by atoms with van der Waals surface area (Å²) in [6.45, 7) is 1.89. The Morgan fingerprint density at radius 2 is 2.13 bits per heavy atom. The first-order valence-electron chi connectivity index (χ1n) is 9.16. The molecule has 11 heteroatoms. The highest BCUT2D eigenvalue weighted by molar-refractivity contribution is 7.90. The van der Waals surface area contributed by atoms with Crippen molar-refractivity contribution in [1.29, 1.82) is 0 Å². The van der Waals surface area contributed by atoms with E-state index >= 15 is 0 Å². The Kier molecular flexibility index (Phi) is 4.64. The average molecular weight is 433 g/mol. The second-order valence-corrected chi connectivity index (χ2v) is 9.43. The molecule has 0 saturated carbocycles. The molecule has 1 amide bonds. The molecule has 3 N–H and O–H groups in total. The van der Waals surface area contributed by atoms with Crippen molar-refractivity contribution in [2.75, 3.05) is 19.0 Å². The quantitative estimate of drug-likeness (QED) is 0.738. The molecule has 158 valence electrons. The number of rotatable bonds is 2. The lowest BCUT2D eigenvalue weighted by Crippen LogP contribution is -2.56. The van der Waals surface area contributed by atoms with Gasteiger partial charge in [-0.15, -0.1) is 0 Å². The summed E-state index contributed by atoms with van der Waals surface area (Å²) in [7, 11) is -2.39. The monoisotopic (exact) mass is 433 g/mol. The van der Waals surface area contributed by atoms with Gasteiger partial charge in [0.1, 0.15) is 28.0 Å². The van der Waals surface area contributed by atoms with Gasteiger partial charge < -0.3 is 15.8 Å². The molecular formula is C19H20FN5O4S. The van der Waals surface area contributed by atoms with E-state index in [1.165, 1.54) is 13.1 Å². The number of nitrogens with one attached hydrogen (secondary N) is 1. The van der Waals surface area contributed by atoms with E-state index in [0.29, 0.717) is 17.0 Å². The predicted octanol–water partition coefficient (Wildman–Crippen LogP) is 1.43. The predicted molar refractivity (Wildman–Crippen MR) is 108 cm³/mol. The fourth-order valence-corrected chi connectivity index (χ4v) is 5.60. The van der Waals surface area contributed by atoms with Crippen LogP contribution in [0.5, 0.6) is 5.75 Å². The van der Waals surface area contributed by atoms with Crippen molar-refractivity contribution in [3.05, 3.63) is 53.6 Å². The molecule has 2 aliphatic rings. The summed E-state index contributed by atoms with van der Waals surface area (Å²) in [4.78, 5) is 20.7. The van der Waals surface area contributed by atoms with Crippen LogP contribution in [0.25, 0.3) is 0 Å². The molecule has 9 nitrogen and oxygen atoms in total. The lowest BCUT2D eigenvalue weighted by Gasteiger charge is -2.40. The molecule has 4 rings (SSSR count). The molecule has 0 bridgehead atoms. The van der Waals surface area contributed by atoms with E-state index in [1.807, 2.05) is 0 Å². The van der Waals surface area contributed by atoms with Crippen molar-refractivity contribution >= 4 is 27.6 Å². The SMILES string of the molecule is CN1C(N)=N[C@]2(C)c3cc(NC(=O)c4ccc(F)cn4)ccc3OCC[C@H]2S1(=O)=O. The van der Waals surface area contributed by atoms with Crippen LogP contribution in [-0.2, 0) is 15.6 Å². The number of pyridine rings is 1. The molecule has 2 aromatic rings. The highest BCUT2D eigenvalue weighted by Gasteiger charge is 2.52. The Balaban J connectivity index is 1.76. The molecule has 3 heterocycles. The number of halogens is 1. The number of nitrogens with two attached hydrogens (primary N) is 1. The summed E-state index contributed by atoms with van der Waals surface area (Å²) in [5.74, 6) is -0.738. The van der Waals surface area contributed by atoms with Gasteiger partial charge >= 0.3 is 0 Å². The van der Waals surface area contributed by atoms with Crippen LogP contribution in [0.2, 0.25) is 0 Å². The third-order valence-electron chi connectivity index (χ3n) is 5.42. The van der Waals surface area contributed by atoms with Crippen molar-refractivity contribution in [3.63, 3.8) is 0 Å². The van der Waals surface area contributed by atoms with Gasteiger partial charge in [0.25, 0.3) is 5.91 Å². The van der Waals surface area contributed by atoms with Crippen LogP contribution < -0.4 is 15.8 Å². The first kappa shape index (κ1) is 20.1. The van der Waals surface area contributed by atoms with Crippen molar-refractivity contribution in [2.45, 2.75) is 24.1 Å². The van der Waals surface area contributed by atoms with Crippen LogP contribution in [-0.4, -0.2) is 48.5 Å². The van der Waals surface area contributed by atoms with E-state index in [4.69, 9.17) is 10.5 Å². The number of anilines is 1. The minimum Gasteiger partial charge on any atom is -0.493 e. The number of aliphatic imine (C=N–C) groups is 1. The number of nitrogens with zero attached hydrogens (tertiary/aromatic N) is 3. The number of ether oxygens (including phenoxy) is 1. The van der Waals surface area contributed by atoms with Gasteiger partial charge in [-0.1, -0.05) is 0 Å². The second-order valence-electron chi connectivity index (χ2n) is 7.28. The third kappa shape index (κ3) is 3.15. The molecule has 1 aromatic heterocycles. The zero-order chi connectivity index (χ0) is 21.7. The second kappa shape index (κ2) is 6.94. The molecule has 0 radical (unpaired) electrons. The Labute approximate surface area is 172 Å². The fraction of sp³-hybridized carbons (Fsp3) is 0.316. The fourth-order valence-electron chi connectivity index (χ4n) is 3.77. The number of carbonyl (C=O) groups is 1. The molecule has 0 spiro atoms. The molecule has 0 fully saturated rings. The summed E-state index contributed by atoms with van der Waals surface area (Å²) in [6.07, 6.45) is 1.18. The molecule has 0 unspecified atom stereocenters. The number of sulfonamides is 1. The number of hydrogen-bond donors (Lipinski definition) is 2. The molecule has 2 atom stereocenters. The zero-order valence-corrected chi connectivity index (χ0v) is 17.1. The maximum Gasteiger partial charge on any atom is 0.274 e. The van der Waals surface area contributed by atoms with Gasteiger partial charge in [0, 0.05) is 24.7 Å². The van der Waals surface area contributed by atoms with E-state index in [1.54, 1.807) is 25.1 Å². The van der Waals surface area contributed by atoms with Gasteiger partial charge in [-0.3, -0.25) is 4.79 Å². The highest BCUT2D eigenvalue weighted by Crippen LogP contribution is 2.45. The number of aromatic nitrogens is 1. The zero-order valence-electron chi connectivity index (χ0n) is 16.3. The first-order chi connectivity index (χ1) is 14.1. The first-order valence-corrected chi connectivity index (χ1v) is 10.7. The van der Waals surface area contributed by atoms with Gasteiger partial charge in [-0.2, -0.15) is 0 Å².